The summed E-state index contributed by atoms with van der Waals surface area (Å²) in [4.78, 5) is 14.2. The average Bonchev–Trinajstić information content (AvgIpc) is 2.39. The largest absolute Gasteiger partial charge is 0.339 e. The molecule has 3 nitrogen and oxygen atoms in total. The van der Waals surface area contributed by atoms with Crippen LogP contribution in [0.5, 0.6) is 0 Å². The van der Waals surface area contributed by atoms with Crippen molar-refractivity contribution in [3.8, 4) is 0 Å². The number of likely N-dealkylation sites (tertiary alicyclic amines) is 1. The summed E-state index contributed by atoms with van der Waals surface area (Å²) in [5, 5.41) is 0. The van der Waals surface area contributed by atoms with Crippen molar-refractivity contribution < 1.29 is 4.79 Å². The summed E-state index contributed by atoms with van der Waals surface area (Å²) in [5.41, 5.74) is 7.86. The molecule has 92 valence electrons. The average molecular weight is 232 g/mol. The number of piperidine rings is 1. The number of aryl methyl sites for hydroxylation is 1. The number of amides is 1. The van der Waals surface area contributed by atoms with E-state index < -0.39 is 0 Å². The summed E-state index contributed by atoms with van der Waals surface area (Å²) >= 11 is 0. The third-order valence-electron chi connectivity index (χ3n) is 3.41. The molecule has 2 rings (SSSR count). The van der Waals surface area contributed by atoms with Gasteiger partial charge in [0.05, 0.1) is 0 Å². The van der Waals surface area contributed by atoms with Gasteiger partial charge in [0.1, 0.15) is 0 Å². The number of benzene rings is 1. The van der Waals surface area contributed by atoms with E-state index in [-0.39, 0.29) is 11.9 Å². The van der Waals surface area contributed by atoms with Crippen molar-refractivity contribution in [2.75, 3.05) is 13.1 Å². The quantitative estimate of drug-likeness (QED) is 0.845. The van der Waals surface area contributed by atoms with Gasteiger partial charge in [-0.15, -0.1) is 0 Å². The molecule has 1 amide bonds. The molecule has 2 N–H and O–H groups in total. The van der Waals surface area contributed by atoms with Crippen molar-refractivity contribution in [1.82, 2.24) is 4.90 Å². The Hall–Kier alpha value is -1.35. The minimum absolute atomic E-state index is 0.146. The second-order valence-corrected chi connectivity index (χ2v) is 4.68. The van der Waals surface area contributed by atoms with Gasteiger partial charge in [0.2, 0.25) is 0 Å². The first-order valence-electron chi connectivity index (χ1n) is 6.34. The molecule has 1 aliphatic heterocycles. The first-order valence-corrected chi connectivity index (χ1v) is 6.34. The Morgan fingerprint density at radius 2 is 2.12 bits per heavy atom. The Balaban J connectivity index is 2.08. The van der Waals surface area contributed by atoms with Crippen molar-refractivity contribution in [1.29, 1.82) is 0 Å². The maximum Gasteiger partial charge on any atom is 0.253 e. The van der Waals surface area contributed by atoms with E-state index >= 15 is 0 Å². The molecule has 0 unspecified atom stereocenters. The molecule has 0 aromatic heterocycles. The molecular weight excluding hydrogens is 212 g/mol. The molecular formula is C14H20N2O. The Morgan fingerprint density at radius 3 is 2.76 bits per heavy atom. The van der Waals surface area contributed by atoms with Crippen LogP contribution in [0.4, 0.5) is 0 Å². The van der Waals surface area contributed by atoms with Crippen LogP contribution in [-0.2, 0) is 6.42 Å². The zero-order valence-electron chi connectivity index (χ0n) is 10.4. The molecule has 1 fully saturated rings. The van der Waals surface area contributed by atoms with Gasteiger partial charge in [0.15, 0.2) is 0 Å². The molecule has 1 heterocycles. The highest BCUT2D eigenvalue weighted by atomic mass is 16.2. The predicted molar refractivity (Wildman–Crippen MR) is 68.9 cm³/mol. The van der Waals surface area contributed by atoms with E-state index in [0.717, 1.165) is 37.9 Å². The van der Waals surface area contributed by atoms with Crippen LogP contribution >= 0.6 is 0 Å². The van der Waals surface area contributed by atoms with Crippen LogP contribution < -0.4 is 5.73 Å². The van der Waals surface area contributed by atoms with Crippen molar-refractivity contribution in [2.24, 2.45) is 5.73 Å². The summed E-state index contributed by atoms with van der Waals surface area (Å²) in [6, 6.07) is 8.18. The second kappa shape index (κ2) is 5.32. The highest BCUT2D eigenvalue weighted by molar-refractivity contribution is 5.94. The summed E-state index contributed by atoms with van der Waals surface area (Å²) in [6.07, 6.45) is 2.80. The van der Waals surface area contributed by atoms with Crippen LogP contribution in [0.2, 0.25) is 0 Å². The standard InChI is InChI=1S/C14H20N2O/c1-2-11-4-3-5-12(10-11)14(17)16-8-6-13(15)7-9-16/h3-5,10,13H,2,6-9,15H2,1H3. The fourth-order valence-corrected chi connectivity index (χ4v) is 2.21. The van der Waals surface area contributed by atoms with Crippen molar-refractivity contribution >= 4 is 5.91 Å². The van der Waals surface area contributed by atoms with Gasteiger partial charge in [-0.2, -0.15) is 0 Å². The van der Waals surface area contributed by atoms with Crippen LogP contribution in [0.25, 0.3) is 0 Å². The topological polar surface area (TPSA) is 46.3 Å². The van der Waals surface area contributed by atoms with Gasteiger partial charge in [-0.1, -0.05) is 19.1 Å². The normalized spacial score (nSPS) is 17.2. The predicted octanol–water partition coefficient (Wildman–Crippen LogP) is 1.81. The lowest BCUT2D eigenvalue weighted by molar-refractivity contribution is 0.0714. The van der Waals surface area contributed by atoms with E-state index in [4.69, 9.17) is 5.73 Å². The van der Waals surface area contributed by atoms with Gasteiger partial charge in [-0.05, 0) is 37.0 Å². The Bertz CT molecular complexity index is 395. The fraction of sp³-hybridized carbons (Fsp3) is 0.500. The smallest absolute Gasteiger partial charge is 0.253 e. The molecule has 0 spiro atoms. The number of nitrogens with two attached hydrogens (primary N) is 1. The summed E-state index contributed by atoms with van der Waals surface area (Å²) < 4.78 is 0. The second-order valence-electron chi connectivity index (χ2n) is 4.68. The summed E-state index contributed by atoms with van der Waals surface area (Å²) in [6.45, 7) is 3.68. The molecule has 3 heteroatoms. The number of hydrogen-bond donors (Lipinski definition) is 1. The maximum atomic E-state index is 12.3. The Morgan fingerprint density at radius 1 is 1.41 bits per heavy atom. The summed E-state index contributed by atoms with van der Waals surface area (Å²) in [5.74, 6) is 0.146. The third kappa shape index (κ3) is 2.86. The van der Waals surface area contributed by atoms with Gasteiger partial charge in [0, 0.05) is 24.7 Å². The lowest BCUT2D eigenvalue weighted by Gasteiger charge is -2.30. The molecule has 0 bridgehead atoms. The van der Waals surface area contributed by atoms with Gasteiger partial charge >= 0.3 is 0 Å². The van der Waals surface area contributed by atoms with E-state index in [0.29, 0.717) is 0 Å². The molecule has 1 saturated heterocycles. The fourth-order valence-electron chi connectivity index (χ4n) is 2.21. The summed E-state index contributed by atoms with van der Waals surface area (Å²) in [7, 11) is 0. The molecule has 0 atom stereocenters. The Kier molecular flexibility index (Phi) is 3.79. The maximum absolute atomic E-state index is 12.3. The van der Waals surface area contributed by atoms with Crippen LogP contribution in [-0.4, -0.2) is 29.9 Å². The minimum Gasteiger partial charge on any atom is -0.339 e. The number of carbonyl (C=O) groups is 1. The first-order chi connectivity index (χ1) is 8.20. The zero-order chi connectivity index (χ0) is 12.3. The highest BCUT2D eigenvalue weighted by Gasteiger charge is 2.21. The Labute approximate surface area is 103 Å². The monoisotopic (exact) mass is 232 g/mol. The molecule has 1 aromatic carbocycles. The number of hydrogen-bond acceptors (Lipinski definition) is 2. The molecule has 1 aliphatic rings. The minimum atomic E-state index is 0.146. The van der Waals surface area contributed by atoms with Crippen molar-refractivity contribution in [3.05, 3.63) is 35.4 Å². The van der Waals surface area contributed by atoms with Gasteiger partial charge < -0.3 is 10.6 Å². The SMILES string of the molecule is CCc1cccc(C(=O)N2CCC(N)CC2)c1. The van der Waals surface area contributed by atoms with E-state index in [2.05, 4.69) is 13.0 Å². The third-order valence-corrected chi connectivity index (χ3v) is 3.41. The molecule has 17 heavy (non-hydrogen) atoms. The van der Waals surface area contributed by atoms with Crippen LogP contribution in [0.1, 0.15) is 35.7 Å². The lowest BCUT2D eigenvalue weighted by atomic mass is 10.0. The number of rotatable bonds is 2. The van der Waals surface area contributed by atoms with E-state index in [1.54, 1.807) is 0 Å². The molecule has 0 saturated carbocycles. The van der Waals surface area contributed by atoms with Crippen molar-refractivity contribution in [2.45, 2.75) is 32.2 Å². The lowest BCUT2D eigenvalue weighted by Crippen LogP contribution is -2.42. The highest BCUT2D eigenvalue weighted by Crippen LogP contribution is 2.14. The van der Waals surface area contributed by atoms with Crippen LogP contribution in [0, 0.1) is 0 Å². The van der Waals surface area contributed by atoms with E-state index in [1.165, 1.54) is 5.56 Å². The molecule has 0 aliphatic carbocycles. The zero-order valence-corrected chi connectivity index (χ0v) is 10.4. The first kappa shape index (κ1) is 12.1. The molecule has 1 aromatic rings. The van der Waals surface area contributed by atoms with Crippen LogP contribution in [0.3, 0.4) is 0 Å². The van der Waals surface area contributed by atoms with Crippen molar-refractivity contribution in [3.63, 3.8) is 0 Å². The van der Waals surface area contributed by atoms with E-state index in [9.17, 15) is 4.79 Å². The molecule has 0 radical (unpaired) electrons. The van der Waals surface area contributed by atoms with Crippen LogP contribution in [0.15, 0.2) is 24.3 Å². The van der Waals surface area contributed by atoms with E-state index in [1.807, 2.05) is 23.1 Å². The number of carbonyl (C=O) groups excluding carboxylic acids is 1. The number of nitrogens with zero attached hydrogens (tertiary/aromatic N) is 1. The van der Waals surface area contributed by atoms with Gasteiger partial charge in [0.25, 0.3) is 5.91 Å². The van der Waals surface area contributed by atoms with Gasteiger partial charge in [-0.3, -0.25) is 4.79 Å². The van der Waals surface area contributed by atoms with Gasteiger partial charge in [-0.25, -0.2) is 0 Å².